The third kappa shape index (κ3) is 6.01. The van der Waals surface area contributed by atoms with Crippen molar-refractivity contribution in [2.24, 2.45) is 4.99 Å². The number of nitrogens with zero attached hydrogens (tertiary/aromatic N) is 1. The van der Waals surface area contributed by atoms with E-state index in [0.29, 0.717) is 17.3 Å². The molecule has 0 heterocycles. The van der Waals surface area contributed by atoms with E-state index in [-0.39, 0.29) is 0 Å². The Balaban J connectivity index is 2.35. The van der Waals surface area contributed by atoms with Crippen LogP contribution >= 0.6 is 23.5 Å². The SMILES string of the molecule is CCCSc1cccc(CC2(N=C(NC(=O)OC)SC)C=CC=CC2=N)c1. The van der Waals surface area contributed by atoms with Crippen LogP contribution in [0.5, 0.6) is 0 Å². The highest BCUT2D eigenvalue weighted by atomic mass is 32.2. The van der Waals surface area contributed by atoms with Gasteiger partial charge < -0.3 is 10.1 Å². The Morgan fingerprint density at radius 1 is 1.37 bits per heavy atom. The van der Waals surface area contributed by atoms with E-state index in [1.54, 1.807) is 6.08 Å². The molecule has 1 amide bonds. The van der Waals surface area contributed by atoms with Gasteiger partial charge in [0.15, 0.2) is 5.17 Å². The Morgan fingerprint density at radius 2 is 2.19 bits per heavy atom. The summed E-state index contributed by atoms with van der Waals surface area (Å²) in [5.74, 6) is 1.07. The third-order valence-corrected chi connectivity index (χ3v) is 5.73. The van der Waals surface area contributed by atoms with Crippen LogP contribution in [0.15, 0.2) is 58.5 Å². The molecule has 0 fully saturated rings. The van der Waals surface area contributed by atoms with E-state index in [4.69, 9.17) is 10.4 Å². The topological polar surface area (TPSA) is 74.5 Å². The maximum atomic E-state index is 11.6. The molecule has 1 aliphatic carbocycles. The van der Waals surface area contributed by atoms with Gasteiger partial charge in [-0.1, -0.05) is 49.0 Å². The van der Waals surface area contributed by atoms with Crippen LogP contribution in [0.2, 0.25) is 0 Å². The summed E-state index contributed by atoms with van der Waals surface area (Å²) in [4.78, 5) is 17.6. The van der Waals surface area contributed by atoms with Crippen LogP contribution in [0.1, 0.15) is 18.9 Å². The molecule has 144 valence electrons. The van der Waals surface area contributed by atoms with Crippen molar-refractivity contribution in [3.8, 4) is 0 Å². The minimum absolute atomic E-state index is 0.384. The molecule has 2 N–H and O–H groups in total. The van der Waals surface area contributed by atoms with Crippen molar-refractivity contribution in [2.45, 2.75) is 30.2 Å². The van der Waals surface area contributed by atoms with Crippen molar-refractivity contribution in [3.05, 3.63) is 54.1 Å². The first-order valence-electron chi connectivity index (χ1n) is 8.68. The quantitative estimate of drug-likeness (QED) is 0.410. The lowest BCUT2D eigenvalue weighted by molar-refractivity contribution is 0.177. The molecule has 1 atom stereocenters. The molecular weight excluding hydrogens is 378 g/mol. The van der Waals surface area contributed by atoms with Gasteiger partial charge in [0, 0.05) is 11.3 Å². The summed E-state index contributed by atoms with van der Waals surface area (Å²) in [5, 5.41) is 11.5. The summed E-state index contributed by atoms with van der Waals surface area (Å²) in [6.45, 7) is 2.17. The van der Waals surface area contributed by atoms with Crippen LogP contribution in [0.3, 0.4) is 0 Å². The number of carbonyl (C=O) groups excluding carboxylic acids is 1. The second kappa shape index (κ2) is 10.4. The number of amides is 1. The largest absolute Gasteiger partial charge is 0.453 e. The van der Waals surface area contributed by atoms with Gasteiger partial charge in [-0.3, -0.25) is 5.32 Å². The number of thioether (sulfide) groups is 2. The van der Waals surface area contributed by atoms with Crippen molar-refractivity contribution < 1.29 is 9.53 Å². The van der Waals surface area contributed by atoms with Crippen LogP contribution in [-0.4, -0.2) is 41.6 Å². The molecule has 0 radical (unpaired) electrons. The lowest BCUT2D eigenvalue weighted by atomic mass is 9.84. The number of carbonyl (C=O) groups is 1. The second-order valence-electron chi connectivity index (χ2n) is 5.97. The zero-order chi connectivity index (χ0) is 19.7. The van der Waals surface area contributed by atoms with Gasteiger partial charge in [0.05, 0.1) is 12.8 Å². The Labute approximate surface area is 169 Å². The van der Waals surface area contributed by atoms with Crippen LogP contribution in [0.4, 0.5) is 4.79 Å². The number of ether oxygens (including phenoxy) is 1. The van der Waals surface area contributed by atoms with Crippen molar-refractivity contribution in [2.75, 3.05) is 19.1 Å². The first-order chi connectivity index (χ1) is 13.0. The highest BCUT2D eigenvalue weighted by Crippen LogP contribution is 2.28. The maximum absolute atomic E-state index is 11.6. The van der Waals surface area contributed by atoms with Crippen molar-refractivity contribution in [1.29, 1.82) is 5.41 Å². The number of alkyl carbamates (subject to hydrolysis) is 1. The highest BCUT2D eigenvalue weighted by molar-refractivity contribution is 8.13. The third-order valence-electron chi connectivity index (χ3n) is 3.95. The summed E-state index contributed by atoms with van der Waals surface area (Å²) < 4.78 is 4.67. The van der Waals surface area contributed by atoms with Crippen LogP contribution in [0, 0.1) is 5.41 Å². The first-order valence-corrected chi connectivity index (χ1v) is 10.9. The monoisotopic (exact) mass is 403 g/mol. The average Bonchev–Trinajstić information content (AvgIpc) is 2.68. The zero-order valence-corrected chi connectivity index (χ0v) is 17.5. The van der Waals surface area contributed by atoms with Crippen LogP contribution < -0.4 is 5.32 Å². The van der Waals surface area contributed by atoms with Crippen molar-refractivity contribution >= 4 is 40.5 Å². The molecular formula is C20H25N3O2S2. The molecule has 1 aromatic carbocycles. The molecule has 5 nitrogen and oxygen atoms in total. The summed E-state index contributed by atoms with van der Waals surface area (Å²) in [6.07, 6.45) is 10.3. The number of allylic oxidation sites excluding steroid dienone is 2. The van der Waals surface area contributed by atoms with E-state index in [2.05, 4.69) is 35.2 Å². The van der Waals surface area contributed by atoms with Gasteiger partial charge in [-0.05, 0) is 42.2 Å². The summed E-state index contributed by atoms with van der Waals surface area (Å²) in [5.41, 5.74) is 0.625. The van der Waals surface area contributed by atoms with E-state index < -0.39 is 11.6 Å². The molecule has 0 saturated heterocycles. The van der Waals surface area contributed by atoms with E-state index >= 15 is 0 Å². The first kappa shape index (κ1) is 21.3. The summed E-state index contributed by atoms with van der Waals surface area (Å²) in [6, 6.07) is 8.36. The minimum atomic E-state index is -0.859. The number of aliphatic imine (C=N–C) groups is 1. The van der Waals surface area contributed by atoms with Gasteiger partial charge in [-0.2, -0.15) is 0 Å². The number of rotatable bonds is 6. The molecule has 1 unspecified atom stereocenters. The Bertz CT molecular complexity index is 774. The predicted molar refractivity (Wildman–Crippen MR) is 116 cm³/mol. The second-order valence-corrected chi connectivity index (χ2v) is 7.93. The fraction of sp³-hybridized carbons (Fsp3) is 0.350. The van der Waals surface area contributed by atoms with Gasteiger partial charge >= 0.3 is 6.09 Å². The number of nitrogens with one attached hydrogen (secondary N) is 2. The minimum Gasteiger partial charge on any atom is -0.453 e. The fourth-order valence-electron chi connectivity index (χ4n) is 2.61. The molecule has 7 heteroatoms. The standard InChI is InChI=1S/C20H25N3O2S2/c1-4-12-27-16-9-7-8-15(13-16)14-20(11-6-5-10-17(20)21)23-18(26-3)22-19(24)25-2/h5-11,13,21H,4,12,14H2,1-3H3,(H,22,23,24). The van der Waals surface area contributed by atoms with E-state index in [1.165, 1.54) is 23.8 Å². The van der Waals surface area contributed by atoms with Crippen molar-refractivity contribution in [3.63, 3.8) is 0 Å². The molecule has 1 aliphatic rings. The maximum Gasteiger partial charge on any atom is 0.412 e. The number of benzene rings is 1. The average molecular weight is 404 g/mol. The normalized spacial score (nSPS) is 19.2. The lowest BCUT2D eigenvalue weighted by Crippen LogP contribution is -2.40. The number of hydrogen-bond donors (Lipinski definition) is 2. The Morgan fingerprint density at radius 3 is 2.85 bits per heavy atom. The molecule has 2 rings (SSSR count). The smallest absolute Gasteiger partial charge is 0.412 e. The number of methoxy groups -OCH3 is 1. The Kier molecular flexibility index (Phi) is 8.19. The highest BCUT2D eigenvalue weighted by Gasteiger charge is 2.33. The summed E-state index contributed by atoms with van der Waals surface area (Å²) >= 11 is 3.14. The lowest BCUT2D eigenvalue weighted by Gasteiger charge is -2.29. The predicted octanol–water partition coefficient (Wildman–Crippen LogP) is 4.69. The zero-order valence-electron chi connectivity index (χ0n) is 15.8. The fourth-order valence-corrected chi connectivity index (χ4v) is 3.90. The molecule has 27 heavy (non-hydrogen) atoms. The van der Waals surface area contributed by atoms with E-state index in [9.17, 15) is 4.79 Å². The molecule has 0 spiro atoms. The van der Waals surface area contributed by atoms with Gasteiger partial charge in [0.2, 0.25) is 0 Å². The summed E-state index contributed by atoms with van der Waals surface area (Å²) in [7, 11) is 1.31. The Hall–Kier alpha value is -1.99. The van der Waals surface area contributed by atoms with Crippen LogP contribution in [0.25, 0.3) is 0 Å². The molecule has 0 bridgehead atoms. The number of hydrogen-bond acceptors (Lipinski definition) is 6. The molecule has 0 aromatic heterocycles. The van der Waals surface area contributed by atoms with Crippen LogP contribution in [-0.2, 0) is 11.2 Å². The van der Waals surface area contributed by atoms with Gasteiger partial charge in [0.1, 0.15) is 5.54 Å². The van der Waals surface area contributed by atoms with Crippen molar-refractivity contribution in [1.82, 2.24) is 5.32 Å². The molecule has 0 saturated carbocycles. The van der Waals surface area contributed by atoms with E-state index in [1.807, 2.05) is 42.3 Å². The van der Waals surface area contributed by atoms with E-state index in [0.717, 1.165) is 17.7 Å². The number of amidine groups is 1. The molecule has 0 aliphatic heterocycles. The van der Waals surface area contributed by atoms with Gasteiger partial charge in [-0.15, -0.1) is 11.8 Å². The van der Waals surface area contributed by atoms with Gasteiger partial charge in [0.25, 0.3) is 0 Å². The molecule has 1 aromatic rings. The van der Waals surface area contributed by atoms with Gasteiger partial charge in [-0.25, -0.2) is 9.79 Å².